The Kier molecular flexibility index (Phi) is 6.76. The number of hydrogen-bond acceptors (Lipinski definition) is 5. The van der Waals surface area contributed by atoms with Crippen LogP contribution in [0.1, 0.15) is 35.6 Å². The Hall–Kier alpha value is -2.73. The molecule has 2 aromatic rings. The molecule has 1 fully saturated rings. The molecule has 28 heavy (non-hydrogen) atoms. The summed E-state index contributed by atoms with van der Waals surface area (Å²) < 4.78 is 0. The molecule has 1 amide bonds. The lowest BCUT2D eigenvalue weighted by molar-refractivity contribution is 0.0644. The normalized spacial score (nSPS) is 15.4. The minimum atomic E-state index is -0.0169. The van der Waals surface area contributed by atoms with Crippen LogP contribution in [0.5, 0.6) is 0 Å². The van der Waals surface area contributed by atoms with Gasteiger partial charge < -0.3 is 10.2 Å². The molecule has 1 aliphatic rings. The summed E-state index contributed by atoms with van der Waals surface area (Å²) in [7, 11) is 0. The molecule has 1 saturated heterocycles. The van der Waals surface area contributed by atoms with Gasteiger partial charge in [0.2, 0.25) is 5.95 Å². The Labute approximate surface area is 167 Å². The third-order valence-electron chi connectivity index (χ3n) is 4.62. The zero-order chi connectivity index (χ0) is 19.9. The molecule has 148 valence electrons. The number of amides is 1. The van der Waals surface area contributed by atoms with Crippen molar-refractivity contribution in [1.29, 1.82) is 0 Å². The smallest absolute Gasteiger partial charge is 0.272 e. The Morgan fingerprint density at radius 3 is 2.54 bits per heavy atom. The molecule has 0 spiro atoms. The summed E-state index contributed by atoms with van der Waals surface area (Å²) in [5.74, 6) is 0.500. The van der Waals surface area contributed by atoms with Crippen LogP contribution in [0.2, 0.25) is 0 Å². The number of aromatic nitrogens is 2. The van der Waals surface area contributed by atoms with Gasteiger partial charge >= 0.3 is 0 Å². The number of aryl methyl sites for hydroxylation is 1. The zero-order valence-corrected chi connectivity index (χ0v) is 16.9. The second-order valence-corrected chi connectivity index (χ2v) is 7.42. The quantitative estimate of drug-likeness (QED) is 0.836. The number of piperazine rings is 1. The first kappa shape index (κ1) is 20.0. The molecule has 1 aromatic heterocycles. The number of hydrogen-bond donors (Lipinski definition) is 1. The first-order valence-electron chi connectivity index (χ1n) is 9.86. The SMILES string of the molecule is Cc1cc(C(=O)N2CCN(C/C=C/c3ccccc3)CC2)nc(NC(C)C)n1. The molecule has 0 radical (unpaired) electrons. The maximum atomic E-state index is 12.9. The van der Waals surface area contributed by atoms with Crippen LogP contribution >= 0.6 is 0 Å². The first-order valence-corrected chi connectivity index (χ1v) is 9.86. The number of anilines is 1. The minimum Gasteiger partial charge on any atom is -0.352 e. The van der Waals surface area contributed by atoms with E-state index in [9.17, 15) is 4.79 Å². The fourth-order valence-corrected chi connectivity index (χ4v) is 3.20. The van der Waals surface area contributed by atoms with Gasteiger partial charge in [-0.2, -0.15) is 0 Å². The fraction of sp³-hybridized carbons (Fsp3) is 0.409. The van der Waals surface area contributed by atoms with Crippen molar-refractivity contribution < 1.29 is 4.79 Å². The van der Waals surface area contributed by atoms with Crippen LogP contribution in [0, 0.1) is 6.92 Å². The average Bonchev–Trinajstić information content (AvgIpc) is 2.68. The van der Waals surface area contributed by atoms with E-state index in [2.05, 4.69) is 44.5 Å². The monoisotopic (exact) mass is 379 g/mol. The Balaban J connectivity index is 1.54. The number of nitrogens with one attached hydrogen (secondary N) is 1. The van der Waals surface area contributed by atoms with Crippen molar-refractivity contribution in [2.45, 2.75) is 26.8 Å². The molecule has 0 unspecified atom stereocenters. The first-order chi connectivity index (χ1) is 13.5. The second kappa shape index (κ2) is 9.46. The van der Waals surface area contributed by atoms with E-state index in [-0.39, 0.29) is 11.9 Å². The summed E-state index contributed by atoms with van der Waals surface area (Å²) in [5, 5.41) is 3.18. The molecule has 1 aromatic carbocycles. The van der Waals surface area contributed by atoms with Crippen LogP contribution in [0.25, 0.3) is 6.08 Å². The number of nitrogens with zero attached hydrogens (tertiary/aromatic N) is 4. The van der Waals surface area contributed by atoms with Gasteiger partial charge in [0.1, 0.15) is 5.69 Å². The van der Waals surface area contributed by atoms with Crippen LogP contribution in [-0.2, 0) is 0 Å². The van der Waals surface area contributed by atoms with Gasteiger partial charge in [0, 0.05) is 44.5 Å². The lowest BCUT2D eigenvalue weighted by Gasteiger charge is -2.34. The van der Waals surface area contributed by atoms with Crippen LogP contribution in [0.15, 0.2) is 42.5 Å². The highest BCUT2D eigenvalue weighted by Crippen LogP contribution is 2.11. The summed E-state index contributed by atoms with van der Waals surface area (Å²) in [6.45, 7) is 10.0. The minimum absolute atomic E-state index is 0.0169. The van der Waals surface area contributed by atoms with Gasteiger partial charge in [-0.05, 0) is 32.4 Å². The summed E-state index contributed by atoms with van der Waals surface area (Å²) in [4.78, 5) is 25.9. The topological polar surface area (TPSA) is 61.4 Å². The average molecular weight is 380 g/mol. The van der Waals surface area contributed by atoms with E-state index in [1.165, 1.54) is 5.56 Å². The molecule has 1 aliphatic heterocycles. The van der Waals surface area contributed by atoms with Crippen molar-refractivity contribution in [1.82, 2.24) is 19.8 Å². The molecule has 2 heterocycles. The summed E-state index contributed by atoms with van der Waals surface area (Å²) in [6, 6.07) is 12.3. The second-order valence-electron chi connectivity index (χ2n) is 7.42. The third kappa shape index (κ3) is 5.63. The van der Waals surface area contributed by atoms with Crippen molar-refractivity contribution in [2.24, 2.45) is 0 Å². The Morgan fingerprint density at radius 1 is 1.14 bits per heavy atom. The predicted octanol–water partition coefficient (Wildman–Crippen LogP) is 3.08. The number of rotatable bonds is 6. The van der Waals surface area contributed by atoms with E-state index in [4.69, 9.17) is 0 Å². The van der Waals surface area contributed by atoms with Crippen LogP contribution in [0.3, 0.4) is 0 Å². The predicted molar refractivity (Wildman–Crippen MR) is 113 cm³/mol. The molecular formula is C22H29N5O. The molecule has 0 aliphatic carbocycles. The molecule has 6 heteroatoms. The van der Waals surface area contributed by atoms with Gasteiger partial charge in [-0.25, -0.2) is 9.97 Å². The molecule has 3 rings (SSSR count). The van der Waals surface area contributed by atoms with Crippen molar-refractivity contribution >= 4 is 17.9 Å². The maximum Gasteiger partial charge on any atom is 0.272 e. The summed E-state index contributed by atoms with van der Waals surface area (Å²) in [5.41, 5.74) is 2.47. The van der Waals surface area contributed by atoms with Crippen molar-refractivity contribution in [2.75, 3.05) is 38.0 Å². The molecule has 1 N–H and O–H groups in total. The highest BCUT2D eigenvalue weighted by Gasteiger charge is 2.23. The van der Waals surface area contributed by atoms with E-state index in [1.54, 1.807) is 6.07 Å². The number of benzene rings is 1. The Morgan fingerprint density at radius 2 is 1.86 bits per heavy atom. The van der Waals surface area contributed by atoms with Crippen LogP contribution < -0.4 is 5.32 Å². The Bertz CT molecular complexity index is 811. The number of carbonyl (C=O) groups is 1. The fourth-order valence-electron chi connectivity index (χ4n) is 3.20. The highest BCUT2D eigenvalue weighted by atomic mass is 16.2. The number of carbonyl (C=O) groups excluding carboxylic acids is 1. The molecular weight excluding hydrogens is 350 g/mol. The van der Waals surface area contributed by atoms with Crippen molar-refractivity contribution in [3.05, 3.63) is 59.4 Å². The molecule has 0 atom stereocenters. The molecule has 0 bridgehead atoms. The largest absolute Gasteiger partial charge is 0.352 e. The summed E-state index contributed by atoms with van der Waals surface area (Å²) in [6.07, 6.45) is 4.33. The zero-order valence-electron chi connectivity index (χ0n) is 16.9. The lowest BCUT2D eigenvalue weighted by atomic mass is 10.2. The van der Waals surface area contributed by atoms with Gasteiger partial charge in [-0.3, -0.25) is 9.69 Å². The third-order valence-corrected chi connectivity index (χ3v) is 4.62. The van der Waals surface area contributed by atoms with E-state index >= 15 is 0 Å². The van der Waals surface area contributed by atoms with Gasteiger partial charge in [-0.15, -0.1) is 0 Å². The van der Waals surface area contributed by atoms with E-state index in [0.717, 1.165) is 25.3 Å². The summed E-state index contributed by atoms with van der Waals surface area (Å²) >= 11 is 0. The van der Waals surface area contributed by atoms with Gasteiger partial charge in [0.15, 0.2) is 0 Å². The van der Waals surface area contributed by atoms with Crippen molar-refractivity contribution in [3.8, 4) is 0 Å². The maximum absolute atomic E-state index is 12.9. The van der Waals surface area contributed by atoms with Gasteiger partial charge in [0.05, 0.1) is 0 Å². The van der Waals surface area contributed by atoms with E-state index in [1.807, 2.05) is 43.9 Å². The van der Waals surface area contributed by atoms with E-state index in [0.29, 0.717) is 24.7 Å². The highest BCUT2D eigenvalue weighted by molar-refractivity contribution is 5.92. The van der Waals surface area contributed by atoms with Crippen molar-refractivity contribution in [3.63, 3.8) is 0 Å². The lowest BCUT2D eigenvalue weighted by Crippen LogP contribution is -2.48. The standard InChI is InChI=1S/C22H29N5O/c1-17(2)23-22-24-18(3)16-20(25-22)21(28)27-14-12-26(13-15-27)11-7-10-19-8-5-4-6-9-19/h4-10,16-17H,11-15H2,1-3H3,(H,23,24,25)/b10-7+. The van der Waals surface area contributed by atoms with Gasteiger partial charge in [0.25, 0.3) is 5.91 Å². The van der Waals surface area contributed by atoms with Crippen LogP contribution in [0.4, 0.5) is 5.95 Å². The van der Waals surface area contributed by atoms with Crippen LogP contribution in [-0.4, -0.2) is 64.4 Å². The molecule has 0 saturated carbocycles. The van der Waals surface area contributed by atoms with Gasteiger partial charge in [-0.1, -0.05) is 42.5 Å². The van der Waals surface area contributed by atoms with E-state index < -0.39 is 0 Å². The molecule has 6 nitrogen and oxygen atoms in total.